The Morgan fingerprint density at radius 3 is 1.87 bits per heavy atom. The second kappa shape index (κ2) is 22.0. The molecule has 0 heterocycles. The quantitative estimate of drug-likeness (QED) is 0.0973. The van der Waals surface area contributed by atoms with Crippen molar-refractivity contribution in [1.29, 1.82) is 0 Å². The largest absolute Gasteiger partial charge is 0.476 e. The maximum absolute atomic E-state index is 11.6. The first-order chi connectivity index (χ1) is 14.6. The van der Waals surface area contributed by atoms with Gasteiger partial charge in [0.15, 0.2) is 6.79 Å². The minimum absolute atomic E-state index is 0.0302. The summed E-state index contributed by atoms with van der Waals surface area (Å²) in [4.78, 5) is 34.0. The number of rotatable bonds is 19. The summed E-state index contributed by atoms with van der Waals surface area (Å²) in [6.07, 6.45) is 8.83. The van der Waals surface area contributed by atoms with Crippen molar-refractivity contribution in [2.24, 2.45) is 0 Å². The van der Waals surface area contributed by atoms with Crippen LogP contribution in [0.15, 0.2) is 25.5 Å². The number of ether oxygens (including phenoxy) is 3. The molecule has 0 rings (SSSR count). The van der Waals surface area contributed by atoms with Crippen LogP contribution in [0.25, 0.3) is 0 Å². The predicted octanol–water partition coefficient (Wildman–Crippen LogP) is 4.08. The number of carbonyl (C=O) groups is 3. The maximum atomic E-state index is 11.6. The zero-order valence-electron chi connectivity index (χ0n) is 17.5. The lowest BCUT2D eigenvalue weighted by molar-refractivity contribution is -0.137. The van der Waals surface area contributed by atoms with Crippen molar-refractivity contribution in [1.82, 2.24) is 10.6 Å². The van der Waals surface area contributed by atoms with Crippen molar-refractivity contribution in [3.05, 3.63) is 25.5 Å². The second-order valence-corrected chi connectivity index (χ2v) is 8.11. The molecule has 0 unspecified atom stereocenters. The fraction of sp³-hybridized carbons (Fsp3) is 0.650. The average molecular weight is 463 g/mol. The Bertz CT molecular complexity index is 506. The van der Waals surface area contributed by atoms with Crippen molar-refractivity contribution < 1.29 is 28.6 Å². The van der Waals surface area contributed by atoms with Gasteiger partial charge in [0.05, 0.1) is 19.4 Å². The van der Waals surface area contributed by atoms with Crippen LogP contribution in [0.3, 0.4) is 0 Å². The molecule has 0 aromatic rings. The van der Waals surface area contributed by atoms with Gasteiger partial charge in [0.2, 0.25) is 0 Å². The van der Waals surface area contributed by atoms with Crippen LogP contribution < -0.4 is 10.6 Å². The van der Waals surface area contributed by atoms with Crippen LogP contribution in [0.5, 0.6) is 0 Å². The van der Waals surface area contributed by atoms with E-state index in [0.29, 0.717) is 19.7 Å². The normalized spacial score (nSPS) is 10.1. The van der Waals surface area contributed by atoms with Crippen LogP contribution in [0.1, 0.15) is 38.5 Å². The van der Waals surface area contributed by atoms with Crippen LogP contribution in [0, 0.1) is 0 Å². The summed E-state index contributed by atoms with van der Waals surface area (Å²) in [5.41, 5.74) is 0. The molecule has 172 valence electrons. The van der Waals surface area contributed by atoms with E-state index in [0.717, 1.165) is 56.1 Å². The molecule has 0 saturated heterocycles. The highest BCUT2D eigenvalue weighted by Gasteiger charge is 2.03. The first kappa shape index (κ1) is 28.4. The predicted molar refractivity (Wildman–Crippen MR) is 123 cm³/mol. The van der Waals surface area contributed by atoms with Crippen molar-refractivity contribution in [2.45, 2.75) is 38.5 Å². The highest BCUT2D eigenvalue weighted by atomic mass is 32.2. The molecular weight excluding hydrogens is 428 g/mol. The summed E-state index contributed by atoms with van der Waals surface area (Å²) in [6.45, 7) is 8.17. The molecule has 0 aliphatic rings. The van der Waals surface area contributed by atoms with E-state index >= 15 is 0 Å². The van der Waals surface area contributed by atoms with E-state index in [1.54, 1.807) is 0 Å². The molecule has 0 saturated carbocycles. The van der Waals surface area contributed by atoms with E-state index < -0.39 is 5.97 Å². The summed E-state index contributed by atoms with van der Waals surface area (Å²) in [5, 5.41) is 5.33. The topological polar surface area (TPSA) is 103 Å². The molecular formula is C20H34N2O6S2. The lowest BCUT2D eigenvalue weighted by Crippen LogP contribution is -2.24. The minimum atomic E-state index is -0.490. The first-order valence-electron chi connectivity index (χ1n) is 10.0. The number of esters is 1. The van der Waals surface area contributed by atoms with Gasteiger partial charge in [-0.1, -0.05) is 62.4 Å². The zero-order valence-corrected chi connectivity index (χ0v) is 19.2. The van der Waals surface area contributed by atoms with Crippen LogP contribution >= 0.6 is 23.5 Å². The molecule has 0 aliphatic carbocycles. The highest BCUT2D eigenvalue weighted by molar-refractivity contribution is 8.13. The molecule has 0 radical (unpaired) electrons. The lowest BCUT2D eigenvalue weighted by Gasteiger charge is -2.06. The number of amides is 2. The van der Waals surface area contributed by atoms with Crippen LogP contribution in [-0.4, -0.2) is 61.0 Å². The Hall–Kier alpha value is -1.65. The fourth-order valence-corrected chi connectivity index (χ4v) is 3.56. The van der Waals surface area contributed by atoms with Gasteiger partial charge in [-0.25, -0.2) is 4.79 Å². The summed E-state index contributed by atoms with van der Waals surface area (Å²) in [6, 6.07) is 0. The van der Waals surface area contributed by atoms with Crippen molar-refractivity contribution >= 4 is 40.0 Å². The molecule has 0 bridgehead atoms. The fourth-order valence-electron chi connectivity index (χ4n) is 2.09. The van der Waals surface area contributed by atoms with Gasteiger partial charge in [0, 0.05) is 24.1 Å². The van der Waals surface area contributed by atoms with Gasteiger partial charge in [-0.2, -0.15) is 0 Å². The third kappa shape index (κ3) is 21.1. The Kier molecular flexibility index (Phi) is 20.8. The van der Waals surface area contributed by atoms with Crippen LogP contribution in [-0.2, 0) is 19.0 Å². The van der Waals surface area contributed by atoms with Gasteiger partial charge in [-0.05, 0) is 12.8 Å². The van der Waals surface area contributed by atoms with E-state index in [2.05, 4.69) is 23.8 Å². The Labute approximate surface area is 187 Å². The molecule has 0 atom stereocenters. The number of hydrogen-bond donors (Lipinski definition) is 2. The smallest absolute Gasteiger partial charge is 0.330 e. The van der Waals surface area contributed by atoms with Crippen molar-refractivity contribution in [2.75, 3.05) is 44.6 Å². The number of hydrogen-bond acceptors (Lipinski definition) is 8. The molecule has 0 aliphatic heterocycles. The third-order valence-corrected chi connectivity index (χ3v) is 5.37. The van der Waals surface area contributed by atoms with E-state index in [-0.39, 0.29) is 23.9 Å². The second-order valence-electron chi connectivity index (χ2n) is 5.98. The first-order valence-corrected chi connectivity index (χ1v) is 12.0. The molecule has 0 fully saturated rings. The van der Waals surface area contributed by atoms with E-state index in [1.165, 1.54) is 29.8 Å². The van der Waals surface area contributed by atoms with Crippen LogP contribution in [0.2, 0.25) is 0 Å². The molecule has 0 spiro atoms. The van der Waals surface area contributed by atoms with Gasteiger partial charge < -0.3 is 24.8 Å². The summed E-state index contributed by atoms with van der Waals surface area (Å²) >= 11 is 2.55. The molecule has 0 aromatic carbocycles. The minimum Gasteiger partial charge on any atom is -0.476 e. The molecule has 10 heteroatoms. The number of unbranched alkanes of at least 4 members (excludes halogenated alkanes) is 5. The van der Waals surface area contributed by atoms with E-state index in [4.69, 9.17) is 14.2 Å². The Balaban J connectivity index is 3.29. The SMILES string of the molecule is C=COCOCCNC(=O)SCCCCCCCCSC(=O)NCCOC(=O)C=C. The number of thioether (sulfide) groups is 2. The summed E-state index contributed by atoms with van der Waals surface area (Å²) in [5.74, 6) is 1.09. The monoisotopic (exact) mass is 462 g/mol. The molecule has 30 heavy (non-hydrogen) atoms. The van der Waals surface area contributed by atoms with Crippen molar-refractivity contribution in [3.8, 4) is 0 Å². The van der Waals surface area contributed by atoms with Crippen molar-refractivity contribution in [3.63, 3.8) is 0 Å². The van der Waals surface area contributed by atoms with Gasteiger partial charge in [-0.15, -0.1) is 0 Å². The molecule has 0 aromatic heterocycles. The van der Waals surface area contributed by atoms with Gasteiger partial charge in [0.1, 0.15) is 6.61 Å². The third-order valence-electron chi connectivity index (χ3n) is 3.57. The number of nitrogens with one attached hydrogen (secondary N) is 2. The van der Waals surface area contributed by atoms with Gasteiger partial charge in [-0.3, -0.25) is 9.59 Å². The Morgan fingerprint density at radius 1 is 0.800 bits per heavy atom. The molecule has 2 N–H and O–H groups in total. The lowest BCUT2D eigenvalue weighted by atomic mass is 10.1. The number of carbonyl (C=O) groups excluding carboxylic acids is 3. The standard InChI is InChI=1S/C20H34N2O6S2/c1-3-18(23)28-14-12-22-20(25)30-16-10-8-6-5-7-9-15-29-19(24)21-11-13-27-17-26-4-2/h3-4H,1-2,5-17H2,(H,21,24)(H,22,25). The maximum Gasteiger partial charge on any atom is 0.330 e. The molecule has 2 amide bonds. The average Bonchev–Trinajstić information content (AvgIpc) is 2.74. The van der Waals surface area contributed by atoms with E-state index in [1.807, 2.05) is 0 Å². The zero-order chi connectivity index (χ0) is 22.3. The molecule has 8 nitrogen and oxygen atoms in total. The van der Waals surface area contributed by atoms with Gasteiger partial charge >= 0.3 is 5.97 Å². The summed E-state index contributed by atoms with van der Waals surface area (Å²) in [7, 11) is 0. The highest BCUT2D eigenvalue weighted by Crippen LogP contribution is 2.12. The van der Waals surface area contributed by atoms with Gasteiger partial charge in [0.25, 0.3) is 10.5 Å². The van der Waals surface area contributed by atoms with Crippen LogP contribution in [0.4, 0.5) is 9.59 Å². The summed E-state index contributed by atoms with van der Waals surface area (Å²) < 4.78 is 14.7. The Morgan fingerprint density at radius 2 is 1.33 bits per heavy atom. The van der Waals surface area contributed by atoms with E-state index in [9.17, 15) is 14.4 Å².